The maximum atomic E-state index is 11.9. The molecule has 2 aromatic heterocycles. The Morgan fingerprint density at radius 3 is 2.58 bits per heavy atom. The van der Waals surface area contributed by atoms with Gasteiger partial charge in [-0.2, -0.15) is 0 Å². The van der Waals surface area contributed by atoms with Crippen LogP contribution in [0.5, 0.6) is 0 Å². The van der Waals surface area contributed by atoms with E-state index in [-0.39, 0.29) is 11.6 Å². The monoisotopic (exact) mass is 321 g/mol. The van der Waals surface area contributed by atoms with E-state index >= 15 is 0 Å². The Hall–Kier alpha value is -2.28. The summed E-state index contributed by atoms with van der Waals surface area (Å²) in [6.07, 6.45) is 2.84. The molecule has 2 aromatic rings. The van der Waals surface area contributed by atoms with Crippen molar-refractivity contribution in [2.75, 3.05) is 5.32 Å². The number of hydrogen-bond donors (Lipinski definition) is 2. The molecule has 0 fully saturated rings. The van der Waals surface area contributed by atoms with Crippen molar-refractivity contribution in [2.24, 2.45) is 0 Å². The first-order valence-corrected chi connectivity index (χ1v) is 5.98. The molecule has 0 saturated heterocycles. The molecule has 0 radical (unpaired) electrons. The van der Waals surface area contributed by atoms with E-state index in [2.05, 4.69) is 31.2 Å². The van der Waals surface area contributed by atoms with Crippen molar-refractivity contribution < 1.29 is 14.7 Å². The van der Waals surface area contributed by atoms with E-state index in [1.54, 1.807) is 18.3 Å². The number of anilines is 1. The Balaban J connectivity index is 2.15. The maximum Gasteiger partial charge on any atom is 0.354 e. The van der Waals surface area contributed by atoms with Crippen LogP contribution in [-0.4, -0.2) is 27.0 Å². The summed E-state index contributed by atoms with van der Waals surface area (Å²) in [5, 5.41) is 11.3. The second-order valence-corrected chi connectivity index (χ2v) is 4.28. The average Bonchev–Trinajstić information content (AvgIpc) is 2.39. The van der Waals surface area contributed by atoms with Gasteiger partial charge in [0.1, 0.15) is 10.3 Å². The summed E-state index contributed by atoms with van der Waals surface area (Å²) < 4.78 is 0.433. The van der Waals surface area contributed by atoms with Gasteiger partial charge in [0, 0.05) is 6.20 Å². The molecule has 0 unspecified atom stereocenters. The van der Waals surface area contributed by atoms with E-state index in [9.17, 15) is 9.59 Å². The van der Waals surface area contributed by atoms with Gasteiger partial charge in [-0.15, -0.1) is 0 Å². The van der Waals surface area contributed by atoms with E-state index in [1.165, 1.54) is 18.3 Å². The van der Waals surface area contributed by atoms with Crippen LogP contribution in [0, 0.1) is 0 Å². The van der Waals surface area contributed by atoms with E-state index < -0.39 is 5.97 Å². The first-order chi connectivity index (χ1) is 9.08. The molecule has 6 nitrogen and oxygen atoms in total. The van der Waals surface area contributed by atoms with Gasteiger partial charge < -0.3 is 10.4 Å². The smallest absolute Gasteiger partial charge is 0.354 e. The molecule has 2 rings (SSSR count). The quantitative estimate of drug-likeness (QED) is 0.845. The summed E-state index contributed by atoms with van der Waals surface area (Å²) in [6, 6.07) is 6.05. The van der Waals surface area contributed by atoms with Crippen molar-refractivity contribution in [2.45, 2.75) is 0 Å². The normalized spacial score (nSPS) is 9.95. The lowest BCUT2D eigenvalue weighted by Crippen LogP contribution is -2.13. The number of pyridine rings is 2. The number of nitrogens with zero attached hydrogens (tertiary/aromatic N) is 2. The van der Waals surface area contributed by atoms with Crippen LogP contribution in [0.1, 0.15) is 20.8 Å². The molecule has 1 amide bonds. The number of aromatic nitrogens is 2. The molecular weight excluding hydrogens is 314 g/mol. The largest absolute Gasteiger partial charge is 0.477 e. The summed E-state index contributed by atoms with van der Waals surface area (Å²) in [5.74, 6) is -1.47. The molecule has 0 bridgehead atoms. The number of hydrogen-bond acceptors (Lipinski definition) is 4. The third-order valence-corrected chi connectivity index (χ3v) is 2.88. The van der Waals surface area contributed by atoms with E-state index in [4.69, 9.17) is 5.11 Å². The van der Waals surface area contributed by atoms with E-state index in [0.29, 0.717) is 15.9 Å². The van der Waals surface area contributed by atoms with Crippen LogP contribution in [0.4, 0.5) is 5.69 Å². The summed E-state index contributed by atoms with van der Waals surface area (Å²) in [7, 11) is 0. The second kappa shape index (κ2) is 5.57. The number of carbonyl (C=O) groups is 2. The predicted molar refractivity (Wildman–Crippen MR) is 71.1 cm³/mol. The van der Waals surface area contributed by atoms with Crippen LogP contribution in [0.2, 0.25) is 0 Å². The number of carboxylic acid groups (broad SMARTS) is 1. The van der Waals surface area contributed by atoms with Crippen LogP contribution in [0.25, 0.3) is 0 Å². The van der Waals surface area contributed by atoms with E-state index in [0.717, 1.165) is 0 Å². The lowest BCUT2D eigenvalue weighted by molar-refractivity contribution is 0.0690. The van der Waals surface area contributed by atoms with Crippen molar-refractivity contribution in [1.29, 1.82) is 0 Å². The fourth-order valence-electron chi connectivity index (χ4n) is 1.35. The van der Waals surface area contributed by atoms with Crippen LogP contribution in [0.15, 0.2) is 41.3 Å². The predicted octanol–water partition coefficient (Wildman–Crippen LogP) is 2.19. The number of amides is 1. The summed E-state index contributed by atoms with van der Waals surface area (Å²) in [4.78, 5) is 30.2. The lowest BCUT2D eigenvalue weighted by Gasteiger charge is -2.05. The SMILES string of the molecule is O=C(O)c1ccc(NC(=O)c2cccnc2Br)cn1. The topological polar surface area (TPSA) is 92.2 Å². The van der Waals surface area contributed by atoms with Gasteiger partial charge in [0.2, 0.25) is 0 Å². The number of carboxylic acids is 1. The van der Waals surface area contributed by atoms with Crippen molar-refractivity contribution in [3.05, 3.63) is 52.5 Å². The second-order valence-electron chi connectivity index (χ2n) is 3.53. The lowest BCUT2D eigenvalue weighted by atomic mass is 10.2. The standard InChI is InChI=1S/C12H8BrN3O3/c13-10-8(2-1-5-14-10)11(17)16-7-3-4-9(12(18)19)15-6-7/h1-6H,(H,16,17)(H,18,19). The van der Waals surface area contributed by atoms with Gasteiger partial charge in [-0.25, -0.2) is 14.8 Å². The molecule has 7 heteroatoms. The van der Waals surface area contributed by atoms with Crippen molar-refractivity contribution in [3.8, 4) is 0 Å². The molecule has 0 saturated carbocycles. The highest BCUT2D eigenvalue weighted by molar-refractivity contribution is 9.10. The van der Waals surface area contributed by atoms with Crippen molar-refractivity contribution >= 4 is 33.5 Å². The molecule has 19 heavy (non-hydrogen) atoms. The first-order valence-electron chi connectivity index (χ1n) is 5.19. The van der Waals surface area contributed by atoms with Crippen LogP contribution in [-0.2, 0) is 0 Å². The van der Waals surface area contributed by atoms with Gasteiger partial charge in [0.25, 0.3) is 5.91 Å². The van der Waals surface area contributed by atoms with Crippen LogP contribution < -0.4 is 5.32 Å². The number of carbonyl (C=O) groups excluding carboxylic acids is 1. The summed E-state index contributed by atoms with van der Waals surface area (Å²) in [6.45, 7) is 0. The third kappa shape index (κ3) is 3.14. The van der Waals surface area contributed by atoms with Gasteiger partial charge in [-0.05, 0) is 40.2 Å². The minimum Gasteiger partial charge on any atom is -0.477 e. The zero-order chi connectivity index (χ0) is 13.8. The molecule has 0 aliphatic rings. The number of rotatable bonds is 3. The van der Waals surface area contributed by atoms with Gasteiger partial charge in [-0.3, -0.25) is 4.79 Å². The number of nitrogens with one attached hydrogen (secondary N) is 1. The molecule has 0 aliphatic carbocycles. The Morgan fingerprint density at radius 2 is 2.00 bits per heavy atom. The maximum absolute atomic E-state index is 11.9. The summed E-state index contributed by atoms with van der Waals surface area (Å²) in [5.41, 5.74) is 0.705. The molecule has 2 N–H and O–H groups in total. The molecule has 0 spiro atoms. The van der Waals surface area contributed by atoms with Crippen LogP contribution >= 0.6 is 15.9 Å². The number of halogens is 1. The molecule has 0 aliphatic heterocycles. The first kappa shape index (κ1) is 13.2. The zero-order valence-corrected chi connectivity index (χ0v) is 11.1. The summed E-state index contributed by atoms with van der Waals surface area (Å²) >= 11 is 3.18. The van der Waals surface area contributed by atoms with Gasteiger partial charge in [0.15, 0.2) is 0 Å². The molecule has 2 heterocycles. The zero-order valence-electron chi connectivity index (χ0n) is 9.50. The fraction of sp³-hybridized carbons (Fsp3) is 0. The highest BCUT2D eigenvalue weighted by atomic mass is 79.9. The molecule has 0 atom stereocenters. The van der Waals surface area contributed by atoms with Gasteiger partial charge in [0.05, 0.1) is 17.4 Å². The van der Waals surface area contributed by atoms with Crippen molar-refractivity contribution in [1.82, 2.24) is 9.97 Å². The fourth-order valence-corrected chi connectivity index (χ4v) is 1.78. The minimum atomic E-state index is -1.12. The Morgan fingerprint density at radius 1 is 1.21 bits per heavy atom. The number of aromatic carboxylic acids is 1. The van der Waals surface area contributed by atoms with Gasteiger partial charge in [-0.1, -0.05) is 0 Å². The molecule has 0 aromatic carbocycles. The molecular formula is C12H8BrN3O3. The van der Waals surface area contributed by atoms with Gasteiger partial charge >= 0.3 is 5.97 Å². The Kier molecular flexibility index (Phi) is 3.86. The van der Waals surface area contributed by atoms with Crippen molar-refractivity contribution in [3.63, 3.8) is 0 Å². The van der Waals surface area contributed by atoms with E-state index in [1.807, 2.05) is 0 Å². The minimum absolute atomic E-state index is 0.0828. The molecule has 96 valence electrons. The Labute approximate surface area is 116 Å². The average molecular weight is 322 g/mol. The Bertz CT molecular complexity index is 628. The highest BCUT2D eigenvalue weighted by Gasteiger charge is 2.11. The van der Waals surface area contributed by atoms with Crippen LogP contribution in [0.3, 0.4) is 0 Å². The third-order valence-electron chi connectivity index (χ3n) is 2.24. The highest BCUT2D eigenvalue weighted by Crippen LogP contribution is 2.15.